The summed E-state index contributed by atoms with van der Waals surface area (Å²) in [4.78, 5) is 32.4. The summed E-state index contributed by atoms with van der Waals surface area (Å²) in [6, 6.07) is 10.4. The van der Waals surface area contributed by atoms with Crippen molar-refractivity contribution in [2.45, 2.75) is 30.7 Å². The molecule has 1 amide bonds. The van der Waals surface area contributed by atoms with Gasteiger partial charge in [0.15, 0.2) is 17.0 Å². The van der Waals surface area contributed by atoms with E-state index < -0.39 is 0 Å². The highest BCUT2D eigenvalue weighted by Crippen LogP contribution is 2.28. The number of carbonyl (C=O) groups is 2. The number of hydrogen-bond donors (Lipinski definition) is 1. The molecule has 0 unspecified atom stereocenters. The van der Waals surface area contributed by atoms with E-state index in [1.165, 1.54) is 18.7 Å². The third-order valence-electron chi connectivity index (χ3n) is 3.59. The fourth-order valence-electron chi connectivity index (χ4n) is 2.28. The Morgan fingerprint density at radius 1 is 1.28 bits per heavy atom. The topological polar surface area (TPSA) is 85.1 Å². The van der Waals surface area contributed by atoms with Crippen LogP contribution >= 0.6 is 11.8 Å². The molecular formula is C18H17N3O3S. The number of Topliss-reactive ketones (excluding diaryl/α,β-unsaturated/α-hetero) is 1. The molecule has 0 spiro atoms. The number of carbonyl (C=O) groups excluding carboxylic acids is 2. The third kappa shape index (κ3) is 4.06. The summed E-state index contributed by atoms with van der Waals surface area (Å²) in [7, 11) is 0. The number of thioether (sulfide) groups is 1. The highest BCUT2D eigenvalue weighted by atomic mass is 32.2. The Balaban J connectivity index is 1.72. The minimum atomic E-state index is -0.367. The van der Waals surface area contributed by atoms with Gasteiger partial charge in [-0.15, -0.1) is 0 Å². The first-order valence-electron chi connectivity index (χ1n) is 7.87. The van der Waals surface area contributed by atoms with Crippen LogP contribution in [0.3, 0.4) is 0 Å². The number of aromatic nitrogens is 2. The second-order valence-electron chi connectivity index (χ2n) is 5.45. The number of fused-ring (bicyclic) bond motifs is 1. The van der Waals surface area contributed by atoms with Gasteiger partial charge in [-0.05, 0) is 37.6 Å². The molecule has 3 rings (SSSR count). The minimum Gasteiger partial charge on any atom is -0.430 e. The highest BCUT2D eigenvalue weighted by Gasteiger charge is 2.21. The average Bonchev–Trinajstić information content (AvgIpc) is 3.02. The number of oxazole rings is 1. The minimum absolute atomic E-state index is 0.0449. The first kappa shape index (κ1) is 17.2. The van der Waals surface area contributed by atoms with Crippen molar-refractivity contribution in [2.75, 3.05) is 5.32 Å². The van der Waals surface area contributed by atoms with Crippen LogP contribution in [-0.2, 0) is 4.79 Å². The normalized spacial score (nSPS) is 12.1. The molecule has 7 heteroatoms. The Morgan fingerprint density at radius 2 is 2.12 bits per heavy atom. The molecule has 0 aliphatic carbocycles. The molecule has 0 aliphatic rings. The van der Waals surface area contributed by atoms with Crippen LogP contribution in [0.15, 0.2) is 52.2 Å². The monoisotopic (exact) mass is 355 g/mol. The van der Waals surface area contributed by atoms with Gasteiger partial charge in [0.05, 0.1) is 5.25 Å². The molecule has 2 aromatic heterocycles. The van der Waals surface area contributed by atoms with Gasteiger partial charge in [0.2, 0.25) is 5.91 Å². The number of rotatable bonds is 6. The Hall–Kier alpha value is -2.67. The number of nitrogens with one attached hydrogen (secondary N) is 1. The number of benzene rings is 1. The van der Waals surface area contributed by atoms with Crippen LogP contribution in [0.2, 0.25) is 0 Å². The lowest BCUT2D eigenvalue weighted by Crippen LogP contribution is -2.24. The van der Waals surface area contributed by atoms with Crippen LogP contribution in [0.25, 0.3) is 11.2 Å². The zero-order valence-corrected chi connectivity index (χ0v) is 14.7. The number of ketones is 1. The molecular weight excluding hydrogens is 338 g/mol. The quantitative estimate of drug-likeness (QED) is 0.532. The maximum Gasteiger partial charge on any atom is 0.259 e. The van der Waals surface area contributed by atoms with Crippen molar-refractivity contribution in [1.82, 2.24) is 9.97 Å². The molecule has 0 fully saturated rings. The summed E-state index contributed by atoms with van der Waals surface area (Å²) in [6.07, 6.45) is 2.25. The molecule has 1 aromatic carbocycles. The van der Waals surface area contributed by atoms with Gasteiger partial charge in [-0.1, -0.05) is 30.8 Å². The number of hydrogen-bond acceptors (Lipinski definition) is 6. The van der Waals surface area contributed by atoms with Gasteiger partial charge in [-0.25, -0.2) is 4.98 Å². The van der Waals surface area contributed by atoms with E-state index in [0.717, 1.165) is 0 Å². The lowest BCUT2D eigenvalue weighted by atomic mass is 10.1. The van der Waals surface area contributed by atoms with Gasteiger partial charge in [-0.2, -0.15) is 4.98 Å². The van der Waals surface area contributed by atoms with Crippen LogP contribution in [0, 0.1) is 0 Å². The smallest absolute Gasteiger partial charge is 0.259 e. The fraction of sp³-hybridized carbons (Fsp3) is 0.222. The van der Waals surface area contributed by atoms with Gasteiger partial charge in [0, 0.05) is 17.4 Å². The molecule has 25 heavy (non-hydrogen) atoms. The van der Waals surface area contributed by atoms with Crippen molar-refractivity contribution in [3.63, 3.8) is 0 Å². The van der Waals surface area contributed by atoms with E-state index in [-0.39, 0.29) is 16.9 Å². The molecule has 128 valence electrons. The maximum atomic E-state index is 12.5. The molecule has 0 saturated heterocycles. The predicted octanol–water partition coefficient (Wildman–Crippen LogP) is 3.93. The van der Waals surface area contributed by atoms with Gasteiger partial charge >= 0.3 is 0 Å². The van der Waals surface area contributed by atoms with Crippen LogP contribution in [0.5, 0.6) is 0 Å². The molecule has 3 aromatic rings. The van der Waals surface area contributed by atoms with E-state index in [9.17, 15) is 9.59 Å². The van der Waals surface area contributed by atoms with Crippen molar-refractivity contribution < 1.29 is 14.0 Å². The summed E-state index contributed by atoms with van der Waals surface area (Å²) in [5.41, 5.74) is 2.27. The largest absolute Gasteiger partial charge is 0.430 e. The molecule has 6 nitrogen and oxygen atoms in total. The van der Waals surface area contributed by atoms with Gasteiger partial charge in [0.25, 0.3) is 5.22 Å². The molecule has 0 radical (unpaired) electrons. The zero-order valence-electron chi connectivity index (χ0n) is 13.9. The van der Waals surface area contributed by atoms with Crippen molar-refractivity contribution >= 4 is 40.4 Å². The van der Waals surface area contributed by atoms with Crippen LogP contribution in [0.1, 0.15) is 30.6 Å². The van der Waals surface area contributed by atoms with E-state index in [0.29, 0.717) is 34.1 Å². The predicted molar refractivity (Wildman–Crippen MR) is 96.8 cm³/mol. The van der Waals surface area contributed by atoms with Gasteiger partial charge < -0.3 is 9.73 Å². The van der Waals surface area contributed by atoms with Crippen molar-refractivity contribution in [1.29, 1.82) is 0 Å². The molecule has 1 atom stereocenters. The summed E-state index contributed by atoms with van der Waals surface area (Å²) >= 11 is 1.26. The SMILES string of the molecule is CC[C@@H](Sc1nc2ncccc2o1)C(=O)Nc1cccc(C(C)=O)c1. The highest BCUT2D eigenvalue weighted by molar-refractivity contribution is 8.00. The summed E-state index contributed by atoms with van der Waals surface area (Å²) in [5.74, 6) is -0.208. The van der Waals surface area contributed by atoms with Crippen molar-refractivity contribution in [2.24, 2.45) is 0 Å². The lowest BCUT2D eigenvalue weighted by Gasteiger charge is -2.13. The van der Waals surface area contributed by atoms with Crippen molar-refractivity contribution in [3.8, 4) is 0 Å². The second kappa shape index (κ2) is 7.48. The maximum absolute atomic E-state index is 12.5. The Labute approximate surface area is 149 Å². The number of pyridine rings is 1. The van der Waals surface area contributed by atoms with Gasteiger partial charge in [0.1, 0.15) is 0 Å². The van der Waals surface area contributed by atoms with Gasteiger partial charge in [-0.3, -0.25) is 9.59 Å². The second-order valence-corrected chi connectivity index (χ2v) is 6.60. The zero-order chi connectivity index (χ0) is 17.8. The Kier molecular flexibility index (Phi) is 5.14. The number of nitrogens with zero attached hydrogens (tertiary/aromatic N) is 2. The van der Waals surface area contributed by atoms with E-state index >= 15 is 0 Å². The molecule has 0 saturated carbocycles. The number of amides is 1. The van der Waals surface area contributed by atoms with E-state index in [1.807, 2.05) is 6.92 Å². The molecule has 0 aliphatic heterocycles. The molecule has 1 N–H and O–H groups in total. The lowest BCUT2D eigenvalue weighted by molar-refractivity contribution is -0.115. The van der Waals surface area contributed by atoms with Crippen LogP contribution < -0.4 is 5.32 Å². The molecule has 0 bridgehead atoms. The third-order valence-corrected chi connectivity index (χ3v) is 4.80. The van der Waals surface area contributed by atoms with Crippen LogP contribution in [-0.4, -0.2) is 26.9 Å². The standard InChI is InChI=1S/C18H17N3O3S/c1-3-15(25-18-21-16-14(24-18)8-5-9-19-16)17(23)20-13-7-4-6-12(10-13)11(2)22/h4-10,15H,3H2,1-2H3,(H,20,23)/t15-/m1/s1. The van der Waals surface area contributed by atoms with E-state index in [4.69, 9.17) is 4.42 Å². The first-order chi connectivity index (χ1) is 12.1. The summed E-state index contributed by atoms with van der Waals surface area (Å²) < 4.78 is 5.62. The van der Waals surface area contributed by atoms with Crippen molar-refractivity contribution in [3.05, 3.63) is 48.2 Å². The number of anilines is 1. The van der Waals surface area contributed by atoms with Crippen LogP contribution in [0.4, 0.5) is 5.69 Å². The summed E-state index contributed by atoms with van der Waals surface area (Å²) in [5, 5.41) is 2.89. The van der Waals surface area contributed by atoms with E-state index in [1.54, 1.807) is 42.6 Å². The summed E-state index contributed by atoms with van der Waals surface area (Å²) in [6.45, 7) is 3.41. The Morgan fingerprint density at radius 3 is 2.84 bits per heavy atom. The van der Waals surface area contributed by atoms with E-state index in [2.05, 4.69) is 15.3 Å². The average molecular weight is 355 g/mol. The Bertz CT molecular complexity index is 890. The first-order valence-corrected chi connectivity index (χ1v) is 8.75. The fourth-order valence-corrected chi connectivity index (χ4v) is 3.14. The molecule has 2 heterocycles.